The smallest absolute Gasteiger partial charge is 0.387 e. The van der Waals surface area contributed by atoms with Gasteiger partial charge in [0.25, 0.3) is 0 Å². The molecule has 4 nitrogen and oxygen atoms in total. The van der Waals surface area contributed by atoms with Crippen molar-refractivity contribution >= 4 is 27.7 Å². The fourth-order valence-electron chi connectivity index (χ4n) is 3.49. The van der Waals surface area contributed by atoms with E-state index in [1.807, 2.05) is 25.1 Å². The number of nitrogens with two attached hydrogens (primary N) is 1. The van der Waals surface area contributed by atoms with E-state index in [1.54, 1.807) is 24.3 Å². The largest absolute Gasteiger partial charge is 0.435 e. The minimum atomic E-state index is -2.85. The summed E-state index contributed by atoms with van der Waals surface area (Å²) < 4.78 is 31.2. The summed E-state index contributed by atoms with van der Waals surface area (Å²) in [5.74, 6) is -0.381. The van der Waals surface area contributed by atoms with Gasteiger partial charge in [0.2, 0.25) is 5.91 Å². The van der Waals surface area contributed by atoms with Crippen molar-refractivity contribution in [3.8, 4) is 5.75 Å². The second-order valence-corrected chi connectivity index (χ2v) is 6.61. The van der Waals surface area contributed by atoms with Gasteiger partial charge in [0.1, 0.15) is 5.75 Å². The minimum Gasteiger partial charge on any atom is -0.435 e. The van der Waals surface area contributed by atoms with Gasteiger partial charge in [-0.1, -0.05) is 24.3 Å². The van der Waals surface area contributed by atoms with Crippen molar-refractivity contribution in [3.05, 3.63) is 77.4 Å². The average Bonchev–Trinajstić information content (AvgIpc) is 2.96. The molecule has 1 aromatic heterocycles. The third-order valence-electron chi connectivity index (χ3n) is 4.69. The van der Waals surface area contributed by atoms with E-state index in [2.05, 4.69) is 15.4 Å². The molecule has 0 spiro atoms. The molecule has 1 heterocycles. The maximum absolute atomic E-state index is 12.3. The molecule has 0 aliphatic rings. The number of fused-ring (bicyclic) bond motifs is 3. The lowest BCUT2D eigenvalue weighted by Crippen LogP contribution is -2.11. The summed E-state index contributed by atoms with van der Waals surface area (Å²) in [6.07, 6.45) is 0. The molecule has 1 radical (unpaired) electrons. The highest BCUT2D eigenvalue weighted by molar-refractivity contribution is 6.17. The van der Waals surface area contributed by atoms with Crippen LogP contribution in [-0.2, 0) is 6.54 Å². The van der Waals surface area contributed by atoms with Gasteiger partial charge in [-0.15, -0.1) is 0 Å². The number of carbonyl (C=O) groups is 1. The summed E-state index contributed by atoms with van der Waals surface area (Å²) in [5.41, 5.74) is 9.77. The number of hydrogen-bond donors (Lipinski definition) is 1. The number of carbonyl (C=O) groups excluding carboxylic acids is 1. The number of aromatic nitrogens is 1. The van der Waals surface area contributed by atoms with Crippen LogP contribution in [0.1, 0.15) is 21.5 Å². The van der Waals surface area contributed by atoms with Crippen molar-refractivity contribution in [3.63, 3.8) is 0 Å². The van der Waals surface area contributed by atoms with Crippen molar-refractivity contribution in [1.29, 1.82) is 0 Å². The van der Waals surface area contributed by atoms with E-state index in [0.717, 1.165) is 32.9 Å². The first-order valence-corrected chi connectivity index (χ1v) is 8.71. The van der Waals surface area contributed by atoms with Crippen molar-refractivity contribution in [1.82, 2.24) is 4.57 Å². The summed E-state index contributed by atoms with van der Waals surface area (Å²) in [7, 11) is 0. The number of hydrogen-bond acceptors (Lipinski definition) is 2. The Morgan fingerprint density at radius 1 is 1.18 bits per heavy atom. The standard InChI is InChI=1S/C22H17F2N2O2/c1-13-5-10-16-19(11-13)26(18-4-2-3-17(20(16)18)21(25)27)12-14-6-8-15(9-7-14)28-22(23)24/h2-9,11,22H,12H2,1H3,(H2,25,27). The lowest BCUT2D eigenvalue weighted by molar-refractivity contribution is -0.0498. The SMILES string of the molecule is Cc1c[c]c2c3c(C(N)=O)cccc3n(Cc3ccc(OC(F)F)cc3)c2c1. The molecule has 0 fully saturated rings. The Balaban J connectivity index is 1.87. The lowest BCUT2D eigenvalue weighted by atomic mass is 10.1. The number of amides is 1. The third kappa shape index (κ3) is 3.17. The van der Waals surface area contributed by atoms with Crippen molar-refractivity contribution in [2.75, 3.05) is 0 Å². The Kier molecular flexibility index (Phi) is 4.47. The molecule has 3 aromatic carbocycles. The predicted molar refractivity (Wildman–Crippen MR) is 104 cm³/mol. The maximum atomic E-state index is 12.3. The van der Waals surface area contributed by atoms with Crippen LogP contribution in [0.5, 0.6) is 5.75 Å². The van der Waals surface area contributed by atoms with Gasteiger partial charge in [-0.2, -0.15) is 8.78 Å². The Morgan fingerprint density at radius 3 is 2.61 bits per heavy atom. The van der Waals surface area contributed by atoms with Gasteiger partial charge < -0.3 is 15.0 Å². The van der Waals surface area contributed by atoms with Gasteiger partial charge in [0, 0.05) is 22.9 Å². The van der Waals surface area contributed by atoms with E-state index >= 15 is 0 Å². The Morgan fingerprint density at radius 2 is 1.93 bits per heavy atom. The molecule has 4 rings (SSSR count). The number of alkyl halides is 2. The number of benzene rings is 3. The molecule has 141 valence electrons. The van der Waals surface area contributed by atoms with Crippen LogP contribution in [0, 0.1) is 13.0 Å². The second kappa shape index (κ2) is 6.96. The Labute approximate surface area is 160 Å². The average molecular weight is 379 g/mol. The van der Waals surface area contributed by atoms with E-state index in [-0.39, 0.29) is 5.75 Å². The topological polar surface area (TPSA) is 57.2 Å². The molecular formula is C22H17F2N2O2. The fraction of sp³-hybridized carbons (Fsp3) is 0.136. The zero-order chi connectivity index (χ0) is 19.8. The lowest BCUT2D eigenvalue weighted by Gasteiger charge is -2.10. The zero-order valence-electron chi connectivity index (χ0n) is 15.1. The second-order valence-electron chi connectivity index (χ2n) is 6.61. The van der Waals surface area contributed by atoms with Gasteiger partial charge in [0.05, 0.1) is 11.0 Å². The van der Waals surface area contributed by atoms with Crippen LogP contribution in [0.3, 0.4) is 0 Å². The van der Waals surface area contributed by atoms with Crippen molar-refractivity contribution < 1.29 is 18.3 Å². The molecule has 1 amide bonds. The molecule has 0 atom stereocenters. The first-order valence-electron chi connectivity index (χ1n) is 8.71. The van der Waals surface area contributed by atoms with Crippen LogP contribution >= 0.6 is 0 Å². The highest BCUT2D eigenvalue weighted by atomic mass is 19.3. The number of halogens is 2. The highest BCUT2D eigenvalue weighted by Gasteiger charge is 2.17. The molecule has 2 N–H and O–H groups in total. The first-order chi connectivity index (χ1) is 13.4. The van der Waals surface area contributed by atoms with Crippen LogP contribution in [0.4, 0.5) is 8.78 Å². The Hall–Kier alpha value is -3.41. The number of rotatable bonds is 5. The van der Waals surface area contributed by atoms with Crippen molar-refractivity contribution in [2.24, 2.45) is 5.73 Å². The Bertz CT molecular complexity index is 1180. The summed E-state index contributed by atoms with van der Waals surface area (Å²) in [6.45, 7) is -0.383. The van der Waals surface area contributed by atoms with Gasteiger partial charge in [-0.05, 0) is 54.4 Å². The van der Waals surface area contributed by atoms with E-state index in [9.17, 15) is 13.6 Å². The number of ether oxygens (including phenoxy) is 1. The van der Waals surface area contributed by atoms with Gasteiger partial charge >= 0.3 is 6.61 Å². The van der Waals surface area contributed by atoms with Crippen LogP contribution < -0.4 is 10.5 Å². The van der Waals surface area contributed by atoms with Gasteiger partial charge in [0.15, 0.2) is 0 Å². The highest BCUT2D eigenvalue weighted by Crippen LogP contribution is 2.32. The molecule has 0 bridgehead atoms. The third-order valence-corrected chi connectivity index (χ3v) is 4.69. The maximum Gasteiger partial charge on any atom is 0.387 e. The molecule has 28 heavy (non-hydrogen) atoms. The molecule has 0 aliphatic carbocycles. The van der Waals surface area contributed by atoms with E-state index in [0.29, 0.717) is 12.1 Å². The van der Waals surface area contributed by atoms with Crippen LogP contribution in [0.25, 0.3) is 21.8 Å². The van der Waals surface area contributed by atoms with Gasteiger partial charge in [-0.3, -0.25) is 4.79 Å². The number of primary amides is 1. The van der Waals surface area contributed by atoms with E-state index in [1.165, 1.54) is 12.1 Å². The zero-order valence-corrected chi connectivity index (χ0v) is 15.1. The quantitative estimate of drug-likeness (QED) is 0.549. The molecule has 0 unspecified atom stereocenters. The van der Waals surface area contributed by atoms with Crippen LogP contribution in [-0.4, -0.2) is 17.1 Å². The van der Waals surface area contributed by atoms with Crippen molar-refractivity contribution in [2.45, 2.75) is 20.1 Å². The normalized spacial score (nSPS) is 11.4. The fourth-order valence-corrected chi connectivity index (χ4v) is 3.49. The molecular weight excluding hydrogens is 362 g/mol. The molecule has 4 aromatic rings. The summed E-state index contributed by atoms with van der Waals surface area (Å²) in [5, 5.41) is 1.59. The van der Waals surface area contributed by atoms with E-state index in [4.69, 9.17) is 5.73 Å². The molecule has 0 saturated carbocycles. The minimum absolute atomic E-state index is 0.112. The predicted octanol–water partition coefficient (Wildman–Crippen LogP) is 4.65. The number of aryl methyl sites for hydroxylation is 1. The van der Waals surface area contributed by atoms with Gasteiger partial charge in [-0.25, -0.2) is 0 Å². The monoisotopic (exact) mass is 379 g/mol. The summed E-state index contributed by atoms with van der Waals surface area (Å²) in [4.78, 5) is 11.9. The number of nitrogens with zero attached hydrogens (tertiary/aromatic N) is 1. The van der Waals surface area contributed by atoms with Crippen LogP contribution in [0.15, 0.2) is 54.6 Å². The molecule has 0 aliphatic heterocycles. The first kappa shape index (κ1) is 18.0. The van der Waals surface area contributed by atoms with E-state index < -0.39 is 12.5 Å². The van der Waals surface area contributed by atoms with Crippen LogP contribution in [0.2, 0.25) is 0 Å². The molecule has 6 heteroatoms. The summed E-state index contributed by atoms with van der Waals surface area (Å²) in [6, 6.07) is 19.1. The molecule has 0 saturated heterocycles. The summed E-state index contributed by atoms with van der Waals surface area (Å²) >= 11 is 0.